The summed E-state index contributed by atoms with van der Waals surface area (Å²) < 4.78 is 18.3. The average molecular weight is 306 g/mol. The molecule has 0 atom stereocenters. The van der Waals surface area contributed by atoms with Crippen LogP contribution in [0.25, 0.3) is 0 Å². The van der Waals surface area contributed by atoms with Crippen molar-refractivity contribution < 1.29 is 19.0 Å². The Balaban J connectivity index is 1.89. The van der Waals surface area contributed by atoms with Crippen LogP contribution in [-0.2, 0) is 0 Å². The van der Waals surface area contributed by atoms with E-state index in [9.17, 15) is 9.18 Å². The third-order valence-electron chi connectivity index (χ3n) is 2.79. The second kappa shape index (κ2) is 7.13. The van der Waals surface area contributed by atoms with Crippen molar-refractivity contribution in [3.05, 3.63) is 59.4 Å². The monoisotopic (exact) mass is 306 g/mol. The molecule has 0 spiro atoms. The van der Waals surface area contributed by atoms with Gasteiger partial charge in [-0.3, -0.25) is 0 Å². The normalized spacial score (nSPS) is 10.4. The molecular weight excluding hydrogens is 291 g/mol. The summed E-state index contributed by atoms with van der Waals surface area (Å²) >= 11 is 1.53. The second-order valence-corrected chi connectivity index (χ2v) is 5.62. The highest BCUT2D eigenvalue weighted by Crippen LogP contribution is 2.22. The van der Waals surface area contributed by atoms with Gasteiger partial charge in [0.25, 0.3) is 0 Å². The van der Waals surface area contributed by atoms with Crippen LogP contribution < -0.4 is 4.74 Å². The molecule has 0 aliphatic heterocycles. The number of halogens is 1. The van der Waals surface area contributed by atoms with E-state index in [4.69, 9.17) is 9.84 Å². The van der Waals surface area contributed by atoms with Gasteiger partial charge in [0, 0.05) is 10.6 Å². The zero-order chi connectivity index (χ0) is 15.2. The van der Waals surface area contributed by atoms with Crippen LogP contribution in [0.2, 0.25) is 0 Å². The predicted molar refractivity (Wildman–Crippen MR) is 80.8 cm³/mol. The fourth-order valence-corrected chi connectivity index (χ4v) is 2.51. The minimum Gasteiger partial charge on any atom is -0.492 e. The minimum atomic E-state index is -1.00. The summed E-state index contributed by atoms with van der Waals surface area (Å²) in [6.45, 7) is 2.21. The van der Waals surface area contributed by atoms with Gasteiger partial charge in [-0.1, -0.05) is 11.6 Å². The molecule has 2 aromatic rings. The van der Waals surface area contributed by atoms with Crippen LogP contribution in [0.5, 0.6) is 5.75 Å². The maximum Gasteiger partial charge on any atom is 0.339 e. The number of thioether (sulfide) groups is 1. The van der Waals surface area contributed by atoms with Crippen LogP contribution in [0.3, 0.4) is 0 Å². The molecule has 0 saturated carbocycles. The topological polar surface area (TPSA) is 46.5 Å². The van der Waals surface area contributed by atoms with Gasteiger partial charge in [0.1, 0.15) is 17.1 Å². The van der Waals surface area contributed by atoms with E-state index in [0.29, 0.717) is 18.1 Å². The molecule has 0 aliphatic carbocycles. The average Bonchev–Trinajstić information content (AvgIpc) is 2.46. The van der Waals surface area contributed by atoms with Crippen molar-refractivity contribution in [3.8, 4) is 5.75 Å². The highest BCUT2D eigenvalue weighted by molar-refractivity contribution is 7.99. The van der Waals surface area contributed by atoms with Crippen LogP contribution in [0.15, 0.2) is 47.4 Å². The molecule has 0 aliphatic rings. The van der Waals surface area contributed by atoms with Crippen molar-refractivity contribution in [1.82, 2.24) is 0 Å². The van der Waals surface area contributed by atoms with E-state index in [1.807, 2.05) is 13.0 Å². The SMILES string of the molecule is Cc1ccc(OCCSc2ccc(F)cc2)c(C(=O)O)c1. The van der Waals surface area contributed by atoms with Gasteiger partial charge in [-0.25, -0.2) is 9.18 Å². The number of aryl methyl sites for hydroxylation is 1. The number of hydrogen-bond acceptors (Lipinski definition) is 3. The summed E-state index contributed by atoms with van der Waals surface area (Å²) in [5.41, 5.74) is 1.04. The lowest BCUT2D eigenvalue weighted by Gasteiger charge is -2.09. The van der Waals surface area contributed by atoms with E-state index in [1.54, 1.807) is 24.3 Å². The quantitative estimate of drug-likeness (QED) is 0.647. The van der Waals surface area contributed by atoms with E-state index in [2.05, 4.69) is 0 Å². The van der Waals surface area contributed by atoms with Gasteiger partial charge in [-0.15, -0.1) is 11.8 Å². The van der Waals surface area contributed by atoms with Crippen LogP contribution in [0.1, 0.15) is 15.9 Å². The number of carbonyl (C=O) groups is 1. The summed E-state index contributed by atoms with van der Waals surface area (Å²) in [6.07, 6.45) is 0. The van der Waals surface area contributed by atoms with Gasteiger partial charge in [0.15, 0.2) is 0 Å². The Morgan fingerprint density at radius 3 is 2.62 bits per heavy atom. The Morgan fingerprint density at radius 2 is 1.95 bits per heavy atom. The first-order valence-electron chi connectivity index (χ1n) is 6.41. The zero-order valence-electron chi connectivity index (χ0n) is 11.5. The predicted octanol–water partition coefficient (Wildman–Crippen LogP) is 4.00. The molecule has 1 N–H and O–H groups in total. The number of carboxylic acid groups (broad SMARTS) is 1. The smallest absolute Gasteiger partial charge is 0.339 e. The Labute approximate surface area is 126 Å². The molecule has 0 fully saturated rings. The Morgan fingerprint density at radius 1 is 1.24 bits per heavy atom. The van der Waals surface area contributed by atoms with E-state index in [-0.39, 0.29) is 11.4 Å². The molecule has 5 heteroatoms. The number of rotatable bonds is 6. The number of carboxylic acids is 1. The zero-order valence-corrected chi connectivity index (χ0v) is 12.3. The largest absolute Gasteiger partial charge is 0.492 e. The summed E-state index contributed by atoms with van der Waals surface area (Å²) in [4.78, 5) is 12.1. The molecule has 0 aromatic heterocycles. The van der Waals surface area contributed by atoms with Crippen LogP contribution in [0, 0.1) is 12.7 Å². The summed E-state index contributed by atoms with van der Waals surface area (Å²) in [6, 6.07) is 11.3. The molecule has 0 radical (unpaired) electrons. The highest BCUT2D eigenvalue weighted by Gasteiger charge is 2.11. The van der Waals surface area contributed by atoms with Gasteiger partial charge in [-0.05, 0) is 43.3 Å². The van der Waals surface area contributed by atoms with E-state index < -0.39 is 5.97 Å². The Kier molecular flexibility index (Phi) is 5.22. The lowest BCUT2D eigenvalue weighted by Crippen LogP contribution is -2.06. The molecule has 2 rings (SSSR count). The molecular formula is C16H15FO3S. The summed E-state index contributed by atoms with van der Waals surface area (Å²) in [5.74, 6) is -0.243. The van der Waals surface area contributed by atoms with Crippen molar-refractivity contribution in [2.24, 2.45) is 0 Å². The standard InChI is InChI=1S/C16H15FO3S/c1-11-2-7-15(14(10-11)16(18)19)20-8-9-21-13-5-3-12(17)4-6-13/h2-7,10H,8-9H2,1H3,(H,18,19). The molecule has 0 saturated heterocycles. The molecule has 0 bridgehead atoms. The molecule has 110 valence electrons. The fraction of sp³-hybridized carbons (Fsp3) is 0.188. The molecule has 0 heterocycles. The first-order chi connectivity index (χ1) is 10.1. The fourth-order valence-electron chi connectivity index (χ4n) is 1.78. The number of benzene rings is 2. The lowest BCUT2D eigenvalue weighted by atomic mass is 10.1. The molecule has 21 heavy (non-hydrogen) atoms. The van der Waals surface area contributed by atoms with Crippen LogP contribution in [0.4, 0.5) is 4.39 Å². The maximum atomic E-state index is 12.8. The number of hydrogen-bond donors (Lipinski definition) is 1. The number of ether oxygens (including phenoxy) is 1. The molecule has 3 nitrogen and oxygen atoms in total. The Bertz CT molecular complexity index is 626. The van der Waals surface area contributed by atoms with Crippen molar-refractivity contribution >= 4 is 17.7 Å². The van der Waals surface area contributed by atoms with Crippen molar-refractivity contribution in [2.75, 3.05) is 12.4 Å². The maximum absolute atomic E-state index is 12.8. The summed E-state index contributed by atoms with van der Waals surface area (Å²) in [7, 11) is 0. The third kappa shape index (κ3) is 4.49. The van der Waals surface area contributed by atoms with Crippen molar-refractivity contribution in [2.45, 2.75) is 11.8 Å². The van der Waals surface area contributed by atoms with E-state index >= 15 is 0 Å². The second-order valence-electron chi connectivity index (χ2n) is 4.46. The third-order valence-corrected chi connectivity index (χ3v) is 3.77. The molecule has 0 unspecified atom stereocenters. The Hall–Kier alpha value is -2.01. The van der Waals surface area contributed by atoms with Gasteiger partial charge in [-0.2, -0.15) is 0 Å². The van der Waals surface area contributed by atoms with Crippen LogP contribution in [-0.4, -0.2) is 23.4 Å². The van der Waals surface area contributed by atoms with Gasteiger partial charge < -0.3 is 9.84 Å². The van der Waals surface area contributed by atoms with Crippen molar-refractivity contribution in [1.29, 1.82) is 0 Å². The molecule has 0 amide bonds. The first-order valence-corrected chi connectivity index (χ1v) is 7.40. The molecule has 2 aromatic carbocycles. The van der Waals surface area contributed by atoms with Crippen LogP contribution >= 0.6 is 11.8 Å². The first kappa shape index (κ1) is 15.4. The summed E-state index contributed by atoms with van der Waals surface area (Å²) in [5, 5.41) is 9.13. The van der Waals surface area contributed by atoms with Crippen molar-refractivity contribution in [3.63, 3.8) is 0 Å². The van der Waals surface area contributed by atoms with E-state index in [1.165, 1.54) is 23.9 Å². The minimum absolute atomic E-state index is 0.168. The number of aromatic carboxylic acids is 1. The van der Waals surface area contributed by atoms with Gasteiger partial charge in [0.05, 0.1) is 6.61 Å². The highest BCUT2D eigenvalue weighted by atomic mass is 32.2. The van der Waals surface area contributed by atoms with Gasteiger partial charge >= 0.3 is 5.97 Å². The van der Waals surface area contributed by atoms with Gasteiger partial charge in [0.2, 0.25) is 0 Å². The van der Waals surface area contributed by atoms with E-state index in [0.717, 1.165) is 10.5 Å². The lowest BCUT2D eigenvalue weighted by molar-refractivity contribution is 0.0692.